The van der Waals surface area contributed by atoms with E-state index in [1.54, 1.807) is 6.08 Å². The second-order valence-electron chi connectivity index (χ2n) is 4.40. The molecule has 0 bridgehead atoms. The highest BCUT2D eigenvalue weighted by Gasteiger charge is 2.08. The first-order valence-corrected chi connectivity index (χ1v) is 6.47. The summed E-state index contributed by atoms with van der Waals surface area (Å²) >= 11 is 5.88. The lowest BCUT2D eigenvalue weighted by Gasteiger charge is -2.10. The molecule has 3 nitrogen and oxygen atoms in total. The Balaban J connectivity index is 2.71. The van der Waals surface area contributed by atoms with Crippen molar-refractivity contribution in [1.29, 1.82) is 0 Å². The van der Waals surface area contributed by atoms with Crippen LogP contribution in [0, 0.1) is 6.92 Å². The Morgan fingerprint density at radius 3 is 2.95 bits per heavy atom. The summed E-state index contributed by atoms with van der Waals surface area (Å²) < 4.78 is 0. The van der Waals surface area contributed by atoms with Crippen molar-refractivity contribution in [3.8, 4) is 0 Å². The number of pyridine rings is 1. The lowest BCUT2D eigenvalue weighted by molar-refractivity contribution is 0.282. The molecule has 0 saturated carbocycles. The van der Waals surface area contributed by atoms with Gasteiger partial charge in [0.15, 0.2) is 0 Å². The fraction of sp³-hybridized carbons (Fsp3) is 0.125. The van der Waals surface area contributed by atoms with Crippen LogP contribution >= 0.6 is 11.6 Å². The highest BCUT2D eigenvalue weighted by Crippen LogP contribution is 2.27. The number of benzene rings is 1. The molecule has 0 atom stereocenters. The first-order valence-electron chi connectivity index (χ1n) is 6.10. The van der Waals surface area contributed by atoms with E-state index in [0.29, 0.717) is 10.9 Å². The molecule has 20 heavy (non-hydrogen) atoms. The Bertz CT molecular complexity index is 744. The number of nitrogen functional groups attached to an aromatic ring is 1. The predicted molar refractivity (Wildman–Crippen MR) is 84.4 cm³/mol. The van der Waals surface area contributed by atoms with E-state index in [9.17, 15) is 5.11 Å². The molecule has 0 aliphatic heterocycles. The normalized spacial score (nSPS) is 10.9. The molecule has 1 aromatic carbocycles. The van der Waals surface area contributed by atoms with E-state index >= 15 is 0 Å². The first-order chi connectivity index (χ1) is 9.56. The predicted octanol–water partition coefficient (Wildman–Crippen LogP) is 3.54. The van der Waals surface area contributed by atoms with Crippen LogP contribution in [-0.4, -0.2) is 10.1 Å². The Morgan fingerprint density at radius 1 is 1.55 bits per heavy atom. The van der Waals surface area contributed by atoms with E-state index < -0.39 is 0 Å². The van der Waals surface area contributed by atoms with Crippen molar-refractivity contribution < 1.29 is 5.11 Å². The van der Waals surface area contributed by atoms with E-state index in [0.717, 1.165) is 27.6 Å². The molecule has 0 aliphatic rings. The van der Waals surface area contributed by atoms with Gasteiger partial charge in [0.1, 0.15) is 5.82 Å². The molecule has 0 saturated heterocycles. The number of allylic oxidation sites excluding steroid dienone is 2. The van der Waals surface area contributed by atoms with Crippen molar-refractivity contribution in [2.75, 3.05) is 5.73 Å². The summed E-state index contributed by atoms with van der Waals surface area (Å²) in [6.45, 7) is 5.37. The maximum atomic E-state index is 9.19. The van der Waals surface area contributed by atoms with Gasteiger partial charge >= 0.3 is 0 Å². The van der Waals surface area contributed by atoms with Gasteiger partial charge < -0.3 is 10.8 Å². The quantitative estimate of drug-likeness (QED) is 0.670. The maximum Gasteiger partial charge on any atom is 0.127 e. The average Bonchev–Trinajstić information content (AvgIpc) is 2.46. The van der Waals surface area contributed by atoms with E-state index in [-0.39, 0.29) is 6.61 Å². The Hall–Kier alpha value is -2.06. The van der Waals surface area contributed by atoms with Gasteiger partial charge in [-0.3, -0.25) is 0 Å². The minimum Gasteiger partial charge on any atom is -0.392 e. The van der Waals surface area contributed by atoms with Crippen LogP contribution in [0.1, 0.15) is 16.7 Å². The molecule has 3 N–H and O–H groups in total. The fourth-order valence-corrected chi connectivity index (χ4v) is 2.04. The number of fused-ring (bicyclic) bond motifs is 1. The van der Waals surface area contributed by atoms with Crippen LogP contribution in [0.5, 0.6) is 0 Å². The first kappa shape index (κ1) is 14.4. The smallest absolute Gasteiger partial charge is 0.127 e. The number of halogens is 1. The number of hydrogen-bond acceptors (Lipinski definition) is 3. The molecular weight excluding hydrogens is 272 g/mol. The molecule has 2 aromatic rings. The summed E-state index contributed by atoms with van der Waals surface area (Å²) in [5.74, 6) is 0.464. The molecule has 1 heterocycles. The van der Waals surface area contributed by atoms with Crippen LogP contribution in [0.4, 0.5) is 5.82 Å². The highest BCUT2D eigenvalue weighted by atomic mass is 35.5. The summed E-state index contributed by atoms with van der Waals surface area (Å²) in [5, 5.41) is 10.6. The number of aromatic nitrogens is 1. The molecule has 0 amide bonds. The second-order valence-corrected chi connectivity index (χ2v) is 4.81. The summed E-state index contributed by atoms with van der Waals surface area (Å²) in [6.07, 6.45) is 3.59. The van der Waals surface area contributed by atoms with Gasteiger partial charge in [0, 0.05) is 5.39 Å². The average molecular weight is 287 g/mol. The Morgan fingerprint density at radius 2 is 2.30 bits per heavy atom. The summed E-state index contributed by atoms with van der Waals surface area (Å²) in [7, 11) is 0. The molecule has 2 rings (SSSR count). The Kier molecular flexibility index (Phi) is 4.26. The molecule has 0 aliphatic carbocycles. The SMILES string of the molecule is C=C=C(Cl)/C=C\c1c(C)c(N)nc2cc(CO)ccc12. The number of aliphatic hydroxyl groups excluding tert-OH is 1. The minimum atomic E-state index is -0.0262. The highest BCUT2D eigenvalue weighted by molar-refractivity contribution is 6.31. The molecule has 0 fully saturated rings. The molecule has 0 radical (unpaired) electrons. The summed E-state index contributed by atoms with van der Waals surface area (Å²) in [6, 6.07) is 5.61. The van der Waals surface area contributed by atoms with Crippen LogP contribution in [0.15, 0.2) is 41.6 Å². The van der Waals surface area contributed by atoms with Crippen LogP contribution in [0.25, 0.3) is 17.0 Å². The van der Waals surface area contributed by atoms with Crippen molar-refractivity contribution in [2.45, 2.75) is 13.5 Å². The Labute approximate surface area is 122 Å². The number of hydrogen-bond donors (Lipinski definition) is 2. The summed E-state index contributed by atoms with van der Waals surface area (Å²) in [5.41, 5.74) is 11.9. The molecule has 0 unspecified atom stereocenters. The van der Waals surface area contributed by atoms with Gasteiger partial charge in [-0.05, 0) is 35.8 Å². The lowest BCUT2D eigenvalue weighted by Crippen LogP contribution is -1.98. The third-order valence-corrected chi connectivity index (χ3v) is 3.39. The number of rotatable bonds is 3. The number of anilines is 1. The molecule has 102 valence electrons. The van der Waals surface area contributed by atoms with Gasteiger partial charge in [0.25, 0.3) is 0 Å². The zero-order chi connectivity index (χ0) is 14.7. The maximum absolute atomic E-state index is 9.19. The van der Waals surface area contributed by atoms with Crippen molar-refractivity contribution in [3.63, 3.8) is 0 Å². The monoisotopic (exact) mass is 286 g/mol. The third kappa shape index (κ3) is 2.75. The fourth-order valence-electron chi connectivity index (χ4n) is 1.98. The van der Waals surface area contributed by atoms with Crippen molar-refractivity contribution >= 4 is 34.4 Å². The molecule has 0 spiro atoms. The topological polar surface area (TPSA) is 59.1 Å². The van der Waals surface area contributed by atoms with E-state index in [4.69, 9.17) is 17.3 Å². The van der Waals surface area contributed by atoms with Gasteiger partial charge in [0.05, 0.1) is 17.2 Å². The standard InChI is InChI=1S/C16H15ClN2O/c1-3-12(17)5-7-13-10(2)16(18)19-15-8-11(9-20)4-6-14(13)15/h4-8,20H,1,9H2,2H3,(H2,18,19)/b7-5-. The van der Waals surface area contributed by atoms with Crippen molar-refractivity contribution in [3.05, 3.63) is 58.3 Å². The molecular formula is C16H15ClN2O. The zero-order valence-corrected chi connectivity index (χ0v) is 11.9. The minimum absolute atomic E-state index is 0.0262. The molecule has 4 heteroatoms. The summed E-state index contributed by atoms with van der Waals surface area (Å²) in [4.78, 5) is 4.36. The van der Waals surface area contributed by atoms with Crippen molar-refractivity contribution in [2.24, 2.45) is 0 Å². The van der Waals surface area contributed by atoms with Crippen LogP contribution in [0.2, 0.25) is 0 Å². The van der Waals surface area contributed by atoms with Crippen LogP contribution < -0.4 is 5.73 Å². The lowest BCUT2D eigenvalue weighted by atomic mass is 10.0. The van der Waals surface area contributed by atoms with Gasteiger partial charge in [0.2, 0.25) is 0 Å². The molecule has 1 aromatic heterocycles. The van der Waals surface area contributed by atoms with Gasteiger partial charge in [-0.1, -0.05) is 36.4 Å². The van der Waals surface area contributed by atoms with Crippen molar-refractivity contribution in [1.82, 2.24) is 4.98 Å². The third-order valence-electron chi connectivity index (χ3n) is 3.13. The zero-order valence-electron chi connectivity index (χ0n) is 11.2. The van der Waals surface area contributed by atoms with Crippen LogP contribution in [0.3, 0.4) is 0 Å². The number of nitrogens with zero attached hydrogens (tertiary/aromatic N) is 1. The van der Waals surface area contributed by atoms with Gasteiger partial charge in [-0.2, -0.15) is 0 Å². The number of nitrogens with two attached hydrogens (primary N) is 1. The van der Waals surface area contributed by atoms with E-state index in [1.165, 1.54) is 0 Å². The van der Waals surface area contributed by atoms with E-state index in [1.807, 2.05) is 31.2 Å². The largest absolute Gasteiger partial charge is 0.392 e. The van der Waals surface area contributed by atoms with Gasteiger partial charge in [-0.25, -0.2) is 4.98 Å². The van der Waals surface area contributed by atoms with Crippen LogP contribution in [-0.2, 0) is 6.61 Å². The second kappa shape index (κ2) is 5.93. The number of aliphatic hydroxyl groups is 1. The van der Waals surface area contributed by atoms with Gasteiger partial charge in [-0.15, -0.1) is 5.73 Å². The van der Waals surface area contributed by atoms with E-state index in [2.05, 4.69) is 17.3 Å².